The van der Waals surface area contributed by atoms with Gasteiger partial charge in [0.05, 0.1) is 4.90 Å². The summed E-state index contributed by atoms with van der Waals surface area (Å²) in [5.41, 5.74) is 2.87. The van der Waals surface area contributed by atoms with Crippen molar-refractivity contribution in [1.29, 1.82) is 0 Å². The van der Waals surface area contributed by atoms with Crippen molar-refractivity contribution in [2.45, 2.75) is 23.3 Å². The van der Waals surface area contributed by atoms with Gasteiger partial charge in [-0.05, 0) is 42.7 Å². The molecule has 1 aromatic heterocycles. The lowest BCUT2D eigenvalue weighted by atomic mass is 10.1. The fourth-order valence-corrected chi connectivity index (χ4v) is 4.50. The molecule has 0 aliphatic rings. The van der Waals surface area contributed by atoms with Gasteiger partial charge in [0.25, 0.3) is 0 Å². The van der Waals surface area contributed by atoms with E-state index >= 15 is 0 Å². The van der Waals surface area contributed by atoms with Gasteiger partial charge in [0.15, 0.2) is 0 Å². The van der Waals surface area contributed by atoms with E-state index in [1.165, 1.54) is 0 Å². The van der Waals surface area contributed by atoms with E-state index in [1.807, 2.05) is 61.5 Å². The third-order valence-corrected chi connectivity index (χ3v) is 6.50. The predicted molar refractivity (Wildman–Crippen MR) is 117 cm³/mol. The van der Waals surface area contributed by atoms with E-state index in [9.17, 15) is 8.42 Å². The normalized spacial score (nSPS) is 11.4. The molecular formula is C24H22N2O3S. The highest BCUT2D eigenvalue weighted by Gasteiger charge is 2.28. The maximum absolute atomic E-state index is 13.3. The number of aryl methyl sites for hydroxylation is 1. The van der Waals surface area contributed by atoms with Gasteiger partial charge in [-0.25, -0.2) is 8.42 Å². The van der Waals surface area contributed by atoms with Crippen LogP contribution in [-0.2, 0) is 16.3 Å². The second kappa shape index (κ2) is 8.55. The number of hydrogen-bond donors (Lipinski definition) is 1. The van der Waals surface area contributed by atoms with Crippen molar-refractivity contribution >= 4 is 15.7 Å². The van der Waals surface area contributed by atoms with Gasteiger partial charge < -0.3 is 9.73 Å². The van der Waals surface area contributed by atoms with Crippen LogP contribution in [0.15, 0.2) is 99.3 Å². The third-order valence-electron chi connectivity index (χ3n) is 4.82. The molecule has 0 bridgehead atoms. The van der Waals surface area contributed by atoms with Crippen LogP contribution in [0.2, 0.25) is 0 Å². The first-order chi connectivity index (χ1) is 14.6. The van der Waals surface area contributed by atoms with E-state index in [1.54, 1.807) is 30.3 Å². The van der Waals surface area contributed by atoms with Crippen LogP contribution >= 0.6 is 0 Å². The number of rotatable bonds is 7. The first kappa shape index (κ1) is 19.9. The molecule has 0 fully saturated rings. The van der Waals surface area contributed by atoms with Crippen molar-refractivity contribution in [3.05, 3.63) is 96.1 Å². The van der Waals surface area contributed by atoms with E-state index in [-0.39, 0.29) is 21.7 Å². The SMILES string of the molecule is Cc1ccccc1-c1nc(S(=O)(=O)c2ccccc2)c(NCCc2ccccc2)o1. The molecule has 3 aromatic carbocycles. The number of oxazole rings is 1. The van der Waals surface area contributed by atoms with Crippen molar-refractivity contribution in [2.24, 2.45) is 0 Å². The summed E-state index contributed by atoms with van der Waals surface area (Å²) in [6.07, 6.45) is 0.728. The summed E-state index contributed by atoms with van der Waals surface area (Å²) in [7, 11) is -3.83. The summed E-state index contributed by atoms with van der Waals surface area (Å²) < 4.78 is 32.4. The van der Waals surface area contributed by atoms with Crippen LogP contribution in [0.1, 0.15) is 11.1 Å². The summed E-state index contributed by atoms with van der Waals surface area (Å²) in [6, 6.07) is 25.9. The van der Waals surface area contributed by atoms with E-state index in [2.05, 4.69) is 10.3 Å². The van der Waals surface area contributed by atoms with Gasteiger partial charge in [0, 0.05) is 12.1 Å². The number of nitrogens with one attached hydrogen (secondary N) is 1. The second-order valence-corrected chi connectivity index (χ2v) is 8.81. The molecule has 0 aliphatic carbocycles. The molecule has 4 rings (SSSR count). The van der Waals surface area contributed by atoms with Crippen LogP contribution in [0.3, 0.4) is 0 Å². The molecule has 0 aliphatic heterocycles. The molecule has 6 heteroatoms. The van der Waals surface area contributed by atoms with Gasteiger partial charge in [-0.15, -0.1) is 0 Å². The van der Waals surface area contributed by atoms with Crippen molar-refractivity contribution in [3.63, 3.8) is 0 Å². The maximum Gasteiger partial charge on any atom is 0.233 e. The highest BCUT2D eigenvalue weighted by atomic mass is 32.2. The molecule has 0 saturated carbocycles. The van der Waals surface area contributed by atoms with Gasteiger partial charge in [0.2, 0.25) is 26.6 Å². The monoisotopic (exact) mass is 418 g/mol. The molecule has 0 radical (unpaired) electrons. The van der Waals surface area contributed by atoms with Gasteiger partial charge in [0.1, 0.15) is 0 Å². The highest BCUT2D eigenvalue weighted by Crippen LogP contribution is 2.33. The van der Waals surface area contributed by atoms with E-state index in [0.29, 0.717) is 6.54 Å². The first-order valence-electron chi connectivity index (χ1n) is 9.70. The fraction of sp³-hybridized carbons (Fsp3) is 0.125. The summed E-state index contributed by atoms with van der Waals surface area (Å²) >= 11 is 0. The van der Waals surface area contributed by atoms with Crippen LogP contribution in [0.25, 0.3) is 11.5 Å². The maximum atomic E-state index is 13.3. The van der Waals surface area contributed by atoms with Gasteiger partial charge in [-0.2, -0.15) is 4.98 Å². The Morgan fingerprint density at radius 2 is 1.50 bits per heavy atom. The van der Waals surface area contributed by atoms with Crippen LogP contribution < -0.4 is 5.32 Å². The molecular weight excluding hydrogens is 396 g/mol. The molecule has 1 heterocycles. The Morgan fingerprint density at radius 1 is 0.867 bits per heavy atom. The molecule has 0 amide bonds. The zero-order valence-corrected chi connectivity index (χ0v) is 17.4. The minimum Gasteiger partial charge on any atom is -0.419 e. The Bertz CT molecular complexity index is 1230. The lowest BCUT2D eigenvalue weighted by Crippen LogP contribution is -2.09. The Balaban J connectivity index is 1.71. The molecule has 0 atom stereocenters. The zero-order chi connectivity index (χ0) is 21.0. The van der Waals surface area contributed by atoms with Crippen molar-refractivity contribution in [2.75, 3.05) is 11.9 Å². The molecule has 1 N–H and O–H groups in total. The molecule has 0 unspecified atom stereocenters. The lowest BCUT2D eigenvalue weighted by molar-refractivity contribution is 0.576. The summed E-state index contributed by atoms with van der Waals surface area (Å²) in [4.78, 5) is 4.58. The minimum absolute atomic E-state index is 0.0972. The number of aromatic nitrogens is 1. The summed E-state index contributed by atoms with van der Waals surface area (Å²) in [6.45, 7) is 2.46. The molecule has 152 valence electrons. The van der Waals surface area contributed by atoms with Crippen molar-refractivity contribution in [1.82, 2.24) is 4.98 Å². The Labute approximate surface area is 176 Å². The molecule has 30 heavy (non-hydrogen) atoms. The molecule has 5 nitrogen and oxygen atoms in total. The third kappa shape index (κ3) is 4.14. The van der Waals surface area contributed by atoms with Gasteiger partial charge >= 0.3 is 0 Å². The second-order valence-electron chi connectivity index (χ2n) is 6.95. The number of anilines is 1. The van der Waals surface area contributed by atoms with E-state index in [0.717, 1.165) is 23.1 Å². The standard InChI is InChI=1S/C24H22N2O3S/c1-18-10-8-9-15-21(18)22-26-24(30(27,28)20-13-6-3-7-14-20)23(29-22)25-17-16-19-11-4-2-5-12-19/h2-15,25H,16-17H2,1H3. The first-order valence-corrected chi connectivity index (χ1v) is 11.2. The van der Waals surface area contributed by atoms with Crippen LogP contribution in [0.4, 0.5) is 5.88 Å². The molecule has 4 aromatic rings. The Hall–Kier alpha value is -3.38. The number of nitrogens with zero attached hydrogens (tertiary/aromatic N) is 1. The quantitative estimate of drug-likeness (QED) is 0.450. The van der Waals surface area contributed by atoms with Gasteiger partial charge in [-0.3, -0.25) is 0 Å². The van der Waals surface area contributed by atoms with Gasteiger partial charge in [-0.1, -0.05) is 66.7 Å². The smallest absolute Gasteiger partial charge is 0.233 e. The lowest BCUT2D eigenvalue weighted by Gasteiger charge is -2.06. The van der Waals surface area contributed by atoms with E-state index in [4.69, 9.17) is 4.42 Å². The van der Waals surface area contributed by atoms with Crippen LogP contribution in [0.5, 0.6) is 0 Å². The number of sulfone groups is 1. The predicted octanol–water partition coefficient (Wildman–Crippen LogP) is 5.14. The highest BCUT2D eigenvalue weighted by molar-refractivity contribution is 7.91. The Morgan fingerprint density at radius 3 is 2.20 bits per heavy atom. The number of benzene rings is 3. The largest absolute Gasteiger partial charge is 0.419 e. The molecule has 0 saturated heterocycles. The average molecular weight is 419 g/mol. The van der Waals surface area contributed by atoms with Crippen molar-refractivity contribution in [3.8, 4) is 11.5 Å². The molecule has 0 spiro atoms. The topological polar surface area (TPSA) is 72.2 Å². The average Bonchev–Trinajstić information content (AvgIpc) is 3.20. The van der Waals surface area contributed by atoms with Crippen LogP contribution in [-0.4, -0.2) is 19.9 Å². The zero-order valence-electron chi connectivity index (χ0n) is 16.6. The van der Waals surface area contributed by atoms with Crippen LogP contribution in [0, 0.1) is 6.92 Å². The Kier molecular flexibility index (Phi) is 5.68. The fourth-order valence-electron chi connectivity index (χ4n) is 3.20. The minimum atomic E-state index is -3.83. The van der Waals surface area contributed by atoms with Crippen molar-refractivity contribution < 1.29 is 12.8 Å². The number of hydrogen-bond acceptors (Lipinski definition) is 5. The summed E-state index contributed by atoms with van der Waals surface area (Å²) in [5, 5.41) is 3.04. The van der Waals surface area contributed by atoms with E-state index < -0.39 is 9.84 Å². The summed E-state index contributed by atoms with van der Waals surface area (Å²) in [5.74, 6) is 0.442.